The maximum absolute atomic E-state index is 14.0. The second-order valence-corrected chi connectivity index (χ2v) is 5.79. The summed E-state index contributed by atoms with van der Waals surface area (Å²) in [6.07, 6.45) is 0.230. The summed E-state index contributed by atoms with van der Waals surface area (Å²) < 4.78 is 65.9. The van der Waals surface area contributed by atoms with E-state index in [9.17, 15) is 17.6 Å². The van der Waals surface area contributed by atoms with E-state index in [2.05, 4.69) is 15.9 Å². The maximum Gasteiger partial charge on any atom is 0.204 e. The van der Waals surface area contributed by atoms with Crippen molar-refractivity contribution in [2.24, 2.45) is 0 Å². The van der Waals surface area contributed by atoms with Gasteiger partial charge in [-0.1, -0.05) is 28.1 Å². The topological polar surface area (TPSA) is 18.5 Å². The molecular formula is C17H15BrF4O2. The summed E-state index contributed by atoms with van der Waals surface area (Å²) in [7, 11) is 1.50. The van der Waals surface area contributed by atoms with E-state index < -0.39 is 34.6 Å². The van der Waals surface area contributed by atoms with Gasteiger partial charge in [0.25, 0.3) is 0 Å². The number of alkyl halides is 1. The molecule has 0 fully saturated rings. The Morgan fingerprint density at radius 2 is 1.50 bits per heavy atom. The SMILES string of the molecule is COc1ccc(COc2c(F)c(F)c(CCCBr)c(F)c2F)cc1. The van der Waals surface area contributed by atoms with Crippen molar-refractivity contribution in [2.75, 3.05) is 12.4 Å². The third-order valence-corrected chi connectivity index (χ3v) is 3.98. The summed E-state index contributed by atoms with van der Waals surface area (Å²) in [5.74, 6) is -6.33. The third kappa shape index (κ3) is 4.01. The average molecular weight is 407 g/mol. The van der Waals surface area contributed by atoms with Crippen LogP contribution in [0.2, 0.25) is 0 Å². The van der Waals surface area contributed by atoms with E-state index in [0.29, 0.717) is 23.1 Å². The zero-order valence-electron chi connectivity index (χ0n) is 12.8. The van der Waals surface area contributed by atoms with Crippen LogP contribution >= 0.6 is 15.9 Å². The van der Waals surface area contributed by atoms with E-state index in [1.165, 1.54) is 7.11 Å². The second-order valence-electron chi connectivity index (χ2n) is 4.99. The molecule has 0 aromatic heterocycles. The van der Waals surface area contributed by atoms with E-state index in [1.54, 1.807) is 24.3 Å². The van der Waals surface area contributed by atoms with Crippen molar-refractivity contribution < 1.29 is 27.0 Å². The van der Waals surface area contributed by atoms with Crippen molar-refractivity contribution >= 4 is 15.9 Å². The van der Waals surface area contributed by atoms with Gasteiger partial charge in [0.05, 0.1) is 7.11 Å². The van der Waals surface area contributed by atoms with Gasteiger partial charge in [-0.2, -0.15) is 8.78 Å². The highest BCUT2D eigenvalue weighted by atomic mass is 79.9. The molecule has 0 bridgehead atoms. The summed E-state index contributed by atoms with van der Waals surface area (Å²) in [4.78, 5) is 0. The quantitative estimate of drug-likeness (QED) is 0.359. The lowest BCUT2D eigenvalue weighted by Gasteiger charge is -2.13. The summed E-state index contributed by atoms with van der Waals surface area (Å²) in [5, 5.41) is 0.463. The number of benzene rings is 2. The minimum absolute atomic E-state index is 0.116. The highest BCUT2D eigenvalue weighted by Gasteiger charge is 2.26. The normalized spacial score (nSPS) is 10.8. The van der Waals surface area contributed by atoms with Gasteiger partial charge in [0, 0.05) is 10.9 Å². The molecule has 2 aromatic carbocycles. The average Bonchev–Trinajstić information content (AvgIpc) is 2.60. The number of halogens is 5. The fourth-order valence-corrected chi connectivity index (χ4v) is 2.40. The number of ether oxygens (including phenoxy) is 2. The molecule has 0 aliphatic heterocycles. The van der Waals surface area contributed by atoms with Crippen molar-refractivity contribution in [3.63, 3.8) is 0 Å². The molecule has 0 heterocycles. The Morgan fingerprint density at radius 1 is 0.917 bits per heavy atom. The molecule has 0 aliphatic carbocycles. The second kappa shape index (κ2) is 8.37. The Morgan fingerprint density at radius 3 is 2.00 bits per heavy atom. The van der Waals surface area contributed by atoms with Gasteiger partial charge in [-0.05, 0) is 30.5 Å². The Labute approximate surface area is 145 Å². The first-order chi connectivity index (χ1) is 11.5. The summed E-state index contributed by atoms with van der Waals surface area (Å²) in [6.45, 7) is -0.239. The maximum atomic E-state index is 14.0. The third-order valence-electron chi connectivity index (χ3n) is 3.42. The number of methoxy groups -OCH3 is 1. The van der Waals surface area contributed by atoms with Crippen LogP contribution in [0, 0.1) is 23.3 Å². The van der Waals surface area contributed by atoms with Gasteiger partial charge in [-0.3, -0.25) is 0 Å². The van der Waals surface area contributed by atoms with Crippen molar-refractivity contribution in [1.82, 2.24) is 0 Å². The van der Waals surface area contributed by atoms with Gasteiger partial charge < -0.3 is 9.47 Å². The largest absolute Gasteiger partial charge is 0.497 e. The molecule has 2 aromatic rings. The van der Waals surface area contributed by atoms with Crippen LogP contribution < -0.4 is 9.47 Å². The standard InChI is InChI=1S/C17H15BrF4O2/c1-23-11-6-4-10(5-7-11)9-24-17-15(21)13(19)12(3-2-8-18)14(20)16(17)22/h4-7H,2-3,8-9H2,1H3. The Kier molecular flexibility index (Phi) is 6.48. The molecule has 0 saturated heterocycles. The zero-order valence-corrected chi connectivity index (χ0v) is 14.4. The molecule has 0 spiro atoms. The molecule has 0 N–H and O–H groups in total. The van der Waals surface area contributed by atoms with Gasteiger partial charge in [0.1, 0.15) is 12.4 Å². The van der Waals surface area contributed by atoms with E-state index in [-0.39, 0.29) is 13.0 Å². The number of rotatable bonds is 7. The van der Waals surface area contributed by atoms with Gasteiger partial charge in [-0.25, -0.2) is 8.78 Å². The molecule has 130 valence electrons. The van der Waals surface area contributed by atoms with Crippen LogP contribution in [0.5, 0.6) is 11.5 Å². The molecule has 0 atom stereocenters. The van der Waals surface area contributed by atoms with E-state index in [0.717, 1.165) is 0 Å². The van der Waals surface area contributed by atoms with E-state index in [4.69, 9.17) is 9.47 Å². The molecule has 2 rings (SSSR count). The first-order valence-electron chi connectivity index (χ1n) is 7.16. The van der Waals surface area contributed by atoms with E-state index in [1.807, 2.05) is 0 Å². The minimum Gasteiger partial charge on any atom is -0.497 e. The molecule has 0 unspecified atom stereocenters. The molecule has 24 heavy (non-hydrogen) atoms. The monoisotopic (exact) mass is 406 g/mol. The van der Waals surface area contributed by atoms with Gasteiger partial charge in [0.15, 0.2) is 17.4 Å². The van der Waals surface area contributed by atoms with Crippen molar-refractivity contribution in [1.29, 1.82) is 0 Å². The lowest BCUT2D eigenvalue weighted by Crippen LogP contribution is -2.08. The summed E-state index contributed by atoms with van der Waals surface area (Å²) >= 11 is 3.10. The van der Waals surface area contributed by atoms with Crippen LogP contribution in [-0.2, 0) is 13.0 Å². The van der Waals surface area contributed by atoms with Crippen LogP contribution in [0.25, 0.3) is 0 Å². The molecule has 2 nitrogen and oxygen atoms in total. The molecule has 7 heteroatoms. The van der Waals surface area contributed by atoms with Crippen LogP contribution in [0.1, 0.15) is 17.5 Å². The summed E-state index contributed by atoms with van der Waals surface area (Å²) in [5.41, 5.74) is -0.0416. The molecule has 0 amide bonds. The van der Waals surface area contributed by atoms with Crippen LogP contribution in [-0.4, -0.2) is 12.4 Å². The van der Waals surface area contributed by atoms with E-state index >= 15 is 0 Å². The van der Waals surface area contributed by atoms with Gasteiger partial charge >= 0.3 is 0 Å². The molecular weight excluding hydrogens is 392 g/mol. The lowest BCUT2D eigenvalue weighted by molar-refractivity contribution is 0.260. The Balaban J connectivity index is 2.23. The molecule has 0 aliphatic rings. The minimum atomic E-state index is -1.52. The van der Waals surface area contributed by atoms with Crippen molar-refractivity contribution in [2.45, 2.75) is 19.4 Å². The first kappa shape index (κ1) is 18.6. The van der Waals surface area contributed by atoms with Crippen LogP contribution in [0.4, 0.5) is 17.6 Å². The Bertz CT molecular complexity index is 676. The number of hydrogen-bond acceptors (Lipinski definition) is 2. The smallest absolute Gasteiger partial charge is 0.204 e. The van der Waals surface area contributed by atoms with Crippen LogP contribution in [0.3, 0.4) is 0 Å². The van der Waals surface area contributed by atoms with Crippen molar-refractivity contribution in [3.05, 3.63) is 58.7 Å². The summed E-state index contributed by atoms with van der Waals surface area (Å²) in [6, 6.07) is 6.50. The molecule has 0 saturated carbocycles. The number of hydrogen-bond donors (Lipinski definition) is 0. The fraction of sp³-hybridized carbons (Fsp3) is 0.294. The van der Waals surface area contributed by atoms with Gasteiger partial charge in [0.2, 0.25) is 11.6 Å². The predicted molar refractivity (Wildman–Crippen MR) is 85.7 cm³/mol. The highest BCUT2D eigenvalue weighted by molar-refractivity contribution is 9.09. The highest BCUT2D eigenvalue weighted by Crippen LogP contribution is 2.31. The predicted octanol–water partition coefficient (Wildman–Crippen LogP) is 5.16. The zero-order chi connectivity index (χ0) is 17.7. The molecule has 0 radical (unpaired) electrons. The first-order valence-corrected chi connectivity index (χ1v) is 8.28. The van der Waals surface area contributed by atoms with Crippen molar-refractivity contribution in [3.8, 4) is 11.5 Å². The lowest BCUT2D eigenvalue weighted by atomic mass is 10.1. The van der Waals surface area contributed by atoms with Gasteiger partial charge in [-0.15, -0.1) is 0 Å². The van der Waals surface area contributed by atoms with Crippen LogP contribution in [0.15, 0.2) is 24.3 Å². The fourth-order valence-electron chi connectivity index (χ4n) is 2.12. The Hall–Kier alpha value is -1.76.